The zero-order valence-electron chi connectivity index (χ0n) is 18.0. The van der Waals surface area contributed by atoms with E-state index in [1.165, 1.54) is 30.9 Å². The zero-order valence-corrected chi connectivity index (χ0v) is 18.0. The van der Waals surface area contributed by atoms with Crippen LogP contribution in [0.3, 0.4) is 0 Å². The fourth-order valence-electron chi connectivity index (χ4n) is 3.71. The number of carbonyl (C=O) groups excluding carboxylic acids is 1. The number of nitrogens with zero attached hydrogens (tertiary/aromatic N) is 9. The summed E-state index contributed by atoms with van der Waals surface area (Å²) in [6, 6.07) is 10.5. The summed E-state index contributed by atoms with van der Waals surface area (Å²) in [6.07, 6.45) is 4.46. The third-order valence-electron chi connectivity index (χ3n) is 5.54. The van der Waals surface area contributed by atoms with E-state index in [9.17, 15) is 14.0 Å². The number of piperazine rings is 1. The first-order chi connectivity index (χ1) is 16.6. The maximum absolute atomic E-state index is 13.2. The molecule has 1 aliphatic rings. The number of hydrogen-bond donors (Lipinski definition) is 0. The summed E-state index contributed by atoms with van der Waals surface area (Å²) >= 11 is 0. The predicted molar refractivity (Wildman–Crippen MR) is 120 cm³/mol. The smallest absolute Gasteiger partial charge is 0.267 e. The Labute approximate surface area is 193 Å². The second-order valence-electron chi connectivity index (χ2n) is 7.66. The Hall–Kier alpha value is -4.48. The van der Waals surface area contributed by atoms with E-state index in [1.807, 2.05) is 6.07 Å². The number of rotatable bonds is 5. The third-order valence-corrected chi connectivity index (χ3v) is 5.54. The summed E-state index contributed by atoms with van der Waals surface area (Å²) in [5.41, 5.74) is 0.773. The molecule has 0 atom stereocenters. The number of anilines is 1. The van der Waals surface area contributed by atoms with Gasteiger partial charge in [0, 0.05) is 43.9 Å². The fraction of sp³-hybridized carbons (Fsp3) is 0.227. The van der Waals surface area contributed by atoms with Crippen LogP contribution in [0.2, 0.25) is 0 Å². The molecule has 11 nitrogen and oxygen atoms in total. The van der Waals surface area contributed by atoms with Gasteiger partial charge in [0.15, 0.2) is 5.82 Å². The topological polar surface area (TPSA) is 115 Å². The largest absolute Gasteiger partial charge is 0.353 e. The highest BCUT2D eigenvalue weighted by atomic mass is 19.1. The molecule has 0 unspecified atom stereocenters. The van der Waals surface area contributed by atoms with E-state index in [0.29, 0.717) is 43.3 Å². The number of halogens is 1. The maximum Gasteiger partial charge on any atom is 0.267 e. The molecule has 0 bridgehead atoms. The lowest BCUT2D eigenvalue weighted by molar-refractivity contribution is -0.132. The first kappa shape index (κ1) is 21.4. The molecule has 3 aromatic heterocycles. The van der Waals surface area contributed by atoms with Gasteiger partial charge in [-0.05, 0) is 30.3 Å². The Morgan fingerprint density at radius 1 is 0.941 bits per heavy atom. The third kappa shape index (κ3) is 4.51. The van der Waals surface area contributed by atoms with Crippen molar-refractivity contribution in [2.45, 2.75) is 6.54 Å². The van der Waals surface area contributed by atoms with Gasteiger partial charge >= 0.3 is 0 Å². The van der Waals surface area contributed by atoms with Crippen LogP contribution in [0.5, 0.6) is 0 Å². The molecule has 12 heteroatoms. The molecule has 1 saturated heterocycles. The van der Waals surface area contributed by atoms with Crippen LogP contribution in [0.15, 0.2) is 66.2 Å². The van der Waals surface area contributed by atoms with Gasteiger partial charge in [0.2, 0.25) is 5.91 Å². The van der Waals surface area contributed by atoms with E-state index < -0.39 is 0 Å². The van der Waals surface area contributed by atoms with Crippen LogP contribution in [0.4, 0.5) is 10.2 Å². The second kappa shape index (κ2) is 9.17. The SMILES string of the molecule is O=C(Cn1nc(-c2ccc(F)cc2)ccc1=O)N1CCN(c2cc(-n3cncn3)ncn2)CC1. The fourth-order valence-corrected chi connectivity index (χ4v) is 3.71. The Morgan fingerprint density at radius 3 is 2.44 bits per heavy atom. The minimum absolute atomic E-state index is 0.169. The highest BCUT2D eigenvalue weighted by molar-refractivity contribution is 5.76. The Morgan fingerprint density at radius 2 is 1.71 bits per heavy atom. The van der Waals surface area contributed by atoms with Crippen molar-refractivity contribution in [1.29, 1.82) is 0 Å². The van der Waals surface area contributed by atoms with Crippen molar-refractivity contribution in [2.24, 2.45) is 0 Å². The quantitative estimate of drug-likeness (QED) is 0.428. The van der Waals surface area contributed by atoms with Crippen LogP contribution >= 0.6 is 0 Å². The number of aromatic nitrogens is 7. The average Bonchev–Trinajstić information content (AvgIpc) is 3.41. The molecule has 1 aromatic carbocycles. The number of hydrogen-bond acceptors (Lipinski definition) is 8. The van der Waals surface area contributed by atoms with E-state index in [2.05, 4.69) is 30.0 Å². The Balaban J connectivity index is 1.24. The van der Waals surface area contributed by atoms with Gasteiger partial charge in [-0.25, -0.2) is 28.7 Å². The number of benzene rings is 1. The van der Waals surface area contributed by atoms with Gasteiger partial charge in [0.25, 0.3) is 5.56 Å². The van der Waals surface area contributed by atoms with Crippen molar-refractivity contribution in [3.63, 3.8) is 0 Å². The van der Waals surface area contributed by atoms with Crippen molar-refractivity contribution in [3.8, 4) is 17.1 Å². The van der Waals surface area contributed by atoms with Crippen molar-refractivity contribution < 1.29 is 9.18 Å². The van der Waals surface area contributed by atoms with Crippen LogP contribution in [0, 0.1) is 5.82 Å². The van der Waals surface area contributed by atoms with E-state index >= 15 is 0 Å². The Kier molecular flexibility index (Phi) is 5.77. The molecule has 1 fully saturated rings. The van der Waals surface area contributed by atoms with Gasteiger partial charge in [-0.15, -0.1) is 0 Å². The lowest BCUT2D eigenvalue weighted by Gasteiger charge is -2.35. The molecule has 0 aliphatic carbocycles. The standard InChI is InChI=1S/C22H20FN9O2/c23-17-3-1-16(2-4-17)18-5-6-21(33)31(28-18)12-22(34)30-9-7-29(8-10-30)19-11-20(26-14-25-19)32-15-24-13-27-32/h1-6,11,13-15H,7-10,12H2. The van der Waals surface area contributed by atoms with Crippen LogP contribution in [-0.2, 0) is 11.3 Å². The summed E-state index contributed by atoms with van der Waals surface area (Å²) in [4.78, 5) is 41.4. The minimum atomic E-state index is -0.375. The summed E-state index contributed by atoms with van der Waals surface area (Å²) < 4.78 is 15.9. The van der Waals surface area contributed by atoms with Crippen molar-refractivity contribution in [3.05, 3.63) is 77.6 Å². The van der Waals surface area contributed by atoms with E-state index in [-0.39, 0.29) is 23.8 Å². The van der Waals surface area contributed by atoms with Crippen LogP contribution in [0.25, 0.3) is 17.1 Å². The highest BCUT2D eigenvalue weighted by Gasteiger charge is 2.23. The van der Waals surface area contributed by atoms with Crippen molar-refractivity contribution in [2.75, 3.05) is 31.1 Å². The normalized spacial score (nSPS) is 13.8. The summed E-state index contributed by atoms with van der Waals surface area (Å²) in [6.45, 7) is 1.95. The molecule has 172 valence electrons. The molecule has 4 aromatic rings. The summed E-state index contributed by atoms with van der Waals surface area (Å²) in [5.74, 6) is 0.782. The predicted octanol–water partition coefficient (Wildman–Crippen LogP) is 0.769. The monoisotopic (exact) mass is 461 g/mol. The summed E-state index contributed by atoms with van der Waals surface area (Å²) in [7, 11) is 0. The second-order valence-corrected chi connectivity index (χ2v) is 7.66. The number of amides is 1. The first-order valence-corrected chi connectivity index (χ1v) is 10.6. The molecule has 1 aliphatic heterocycles. The lowest BCUT2D eigenvalue weighted by Crippen LogP contribution is -2.50. The van der Waals surface area contributed by atoms with E-state index in [1.54, 1.807) is 34.1 Å². The van der Waals surface area contributed by atoms with E-state index in [0.717, 1.165) is 10.5 Å². The molecule has 34 heavy (non-hydrogen) atoms. The molecule has 5 rings (SSSR count). The Bertz CT molecular complexity index is 1350. The maximum atomic E-state index is 13.2. The highest BCUT2D eigenvalue weighted by Crippen LogP contribution is 2.17. The van der Waals surface area contributed by atoms with Gasteiger partial charge in [0.1, 0.15) is 37.2 Å². The van der Waals surface area contributed by atoms with Crippen molar-refractivity contribution in [1.82, 2.24) is 39.4 Å². The molecule has 0 N–H and O–H groups in total. The van der Waals surface area contributed by atoms with Gasteiger partial charge in [-0.1, -0.05) is 0 Å². The number of carbonyl (C=O) groups is 1. The van der Waals surface area contributed by atoms with Crippen LogP contribution in [0.1, 0.15) is 0 Å². The summed E-state index contributed by atoms with van der Waals surface area (Å²) in [5, 5.41) is 8.37. The van der Waals surface area contributed by atoms with Crippen molar-refractivity contribution >= 4 is 11.7 Å². The molecule has 1 amide bonds. The lowest BCUT2D eigenvalue weighted by atomic mass is 10.1. The van der Waals surface area contributed by atoms with Gasteiger partial charge in [-0.3, -0.25) is 9.59 Å². The average molecular weight is 461 g/mol. The molecular formula is C22H20FN9O2. The molecule has 0 radical (unpaired) electrons. The van der Waals surface area contributed by atoms with Crippen LogP contribution < -0.4 is 10.5 Å². The zero-order chi connectivity index (χ0) is 23.5. The van der Waals surface area contributed by atoms with Crippen LogP contribution in [-0.4, -0.2) is 71.5 Å². The molecular weight excluding hydrogens is 441 g/mol. The molecule has 4 heterocycles. The first-order valence-electron chi connectivity index (χ1n) is 10.6. The van der Waals surface area contributed by atoms with Gasteiger partial charge in [-0.2, -0.15) is 10.2 Å². The van der Waals surface area contributed by atoms with Gasteiger partial charge in [0.05, 0.1) is 5.69 Å². The minimum Gasteiger partial charge on any atom is -0.353 e. The molecule has 0 saturated carbocycles. The molecule has 0 spiro atoms. The van der Waals surface area contributed by atoms with E-state index in [4.69, 9.17) is 0 Å². The van der Waals surface area contributed by atoms with Gasteiger partial charge < -0.3 is 9.80 Å².